The van der Waals surface area contributed by atoms with Crippen LogP contribution in [0.5, 0.6) is 0 Å². The van der Waals surface area contributed by atoms with Gasteiger partial charge in [-0.25, -0.2) is 8.42 Å². The summed E-state index contributed by atoms with van der Waals surface area (Å²) in [5.74, 6) is -0.0798. The number of ether oxygens (including phenoxy) is 1. The summed E-state index contributed by atoms with van der Waals surface area (Å²) in [6, 6.07) is 3.92. The number of morpholine rings is 1. The van der Waals surface area contributed by atoms with E-state index >= 15 is 0 Å². The first-order chi connectivity index (χ1) is 12.8. The Bertz CT molecular complexity index is 829. The number of amides is 1. The van der Waals surface area contributed by atoms with Gasteiger partial charge in [0, 0.05) is 51.6 Å². The second-order valence-electron chi connectivity index (χ2n) is 6.56. The third-order valence-electron chi connectivity index (χ3n) is 4.71. The van der Waals surface area contributed by atoms with Crippen LogP contribution in [-0.4, -0.2) is 82.4 Å². The van der Waals surface area contributed by atoms with Crippen LogP contribution in [0.2, 0.25) is 0 Å². The first-order valence-corrected chi connectivity index (χ1v) is 10.5. The number of nitrogens with zero attached hydrogens (tertiary/aromatic N) is 3. The molecule has 2 saturated heterocycles. The molecule has 27 heavy (non-hydrogen) atoms. The molecule has 0 aromatic heterocycles. The molecule has 1 N–H and O–H groups in total. The van der Waals surface area contributed by atoms with Gasteiger partial charge in [0.15, 0.2) is 9.84 Å². The monoisotopic (exact) mass is 398 g/mol. The van der Waals surface area contributed by atoms with Crippen LogP contribution in [0.1, 0.15) is 0 Å². The topological polar surface area (TPSA) is 122 Å². The summed E-state index contributed by atoms with van der Waals surface area (Å²) >= 11 is 0. The maximum atomic E-state index is 12.5. The predicted octanol–water partition coefficient (Wildman–Crippen LogP) is -0.365. The fraction of sp³-hybridized carbons (Fsp3) is 0.562. The number of sulfone groups is 1. The number of anilines is 1. The van der Waals surface area contributed by atoms with Gasteiger partial charge in [0.2, 0.25) is 0 Å². The van der Waals surface area contributed by atoms with E-state index in [1.807, 2.05) is 0 Å². The molecule has 10 nitrogen and oxygen atoms in total. The lowest BCUT2D eigenvalue weighted by Gasteiger charge is -2.37. The quantitative estimate of drug-likeness (QED) is 0.539. The van der Waals surface area contributed by atoms with Crippen molar-refractivity contribution in [3.05, 3.63) is 28.3 Å². The third kappa shape index (κ3) is 4.37. The Morgan fingerprint density at radius 1 is 1.30 bits per heavy atom. The van der Waals surface area contributed by atoms with Gasteiger partial charge in [-0.05, 0) is 12.1 Å². The molecule has 0 bridgehead atoms. The van der Waals surface area contributed by atoms with Crippen molar-refractivity contribution < 1.29 is 22.9 Å². The molecule has 2 aliphatic rings. The minimum atomic E-state index is -3.53. The number of nitro benzene ring substituents is 1. The molecule has 1 unspecified atom stereocenters. The molecule has 1 aromatic carbocycles. The molecule has 1 atom stereocenters. The van der Waals surface area contributed by atoms with Crippen molar-refractivity contribution >= 4 is 27.1 Å². The number of hydrogen-bond acceptors (Lipinski definition) is 8. The van der Waals surface area contributed by atoms with Crippen molar-refractivity contribution in [3.8, 4) is 0 Å². The Kier molecular flexibility index (Phi) is 5.63. The number of nitrogens with one attached hydrogen (secondary N) is 1. The van der Waals surface area contributed by atoms with Crippen molar-refractivity contribution in [1.82, 2.24) is 10.2 Å². The maximum absolute atomic E-state index is 12.5. The summed E-state index contributed by atoms with van der Waals surface area (Å²) in [6.07, 6.45) is 0.520. The molecule has 0 saturated carbocycles. The largest absolute Gasteiger partial charge is 0.366 e. The number of carbonyl (C=O) groups excluding carboxylic acids is 1. The van der Waals surface area contributed by atoms with Gasteiger partial charge in [-0.3, -0.25) is 14.9 Å². The van der Waals surface area contributed by atoms with Crippen LogP contribution in [0, 0.1) is 10.1 Å². The minimum Gasteiger partial charge on any atom is -0.366 e. The molecule has 148 valence electrons. The Hall–Kier alpha value is -2.24. The SMILES string of the molecule is CS(=O)(=O)c1ccc(N2CCN(C(=O)C3CNCCO3)CC2)c([N+](=O)[O-])c1. The number of piperazine rings is 1. The van der Waals surface area contributed by atoms with E-state index < -0.39 is 20.9 Å². The standard InChI is InChI=1S/C16H22N4O6S/c1-27(24,25)12-2-3-13(14(10-12)20(22)23)18-5-7-19(8-6-18)16(21)15-11-17-4-9-26-15/h2-3,10,15,17H,4-9,11H2,1H3. The van der Waals surface area contributed by atoms with Gasteiger partial charge in [-0.2, -0.15) is 0 Å². The van der Waals surface area contributed by atoms with Gasteiger partial charge in [0.05, 0.1) is 16.4 Å². The number of hydrogen-bond donors (Lipinski definition) is 1. The van der Waals surface area contributed by atoms with E-state index in [4.69, 9.17) is 4.74 Å². The maximum Gasteiger partial charge on any atom is 0.293 e. The molecular formula is C16H22N4O6S. The van der Waals surface area contributed by atoms with Gasteiger partial charge in [-0.15, -0.1) is 0 Å². The normalized spacial score (nSPS) is 21.1. The average molecular weight is 398 g/mol. The summed E-state index contributed by atoms with van der Waals surface area (Å²) in [6.45, 7) is 3.39. The lowest BCUT2D eigenvalue weighted by Crippen LogP contribution is -2.55. The van der Waals surface area contributed by atoms with Crippen LogP contribution in [-0.2, 0) is 19.4 Å². The number of rotatable bonds is 4. The fourth-order valence-electron chi connectivity index (χ4n) is 3.24. The van der Waals surface area contributed by atoms with E-state index in [2.05, 4.69) is 5.32 Å². The molecule has 0 aliphatic carbocycles. The zero-order valence-electron chi connectivity index (χ0n) is 15.0. The van der Waals surface area contributed by atoms with Crippen LogP contribution >= 0.6 is 0 Å². The van der Waals surface area contributed by atoms with Gasteiger partial charge >= 0.3 is 0 Å². The molecule has 0 radical (unpaired) electrons. The van der Waals surface area contributed by atoms with Gasteiger partial charge in [-0.1, -0.05) is 0 Å². The lowest BCUT2D eigenvalue weighted by molar-refractivity contribution is -0.384. The number of carbonyl (C=O) groups is 1. The molecule has 1 amide bonds. The average Bonchev–Trinajstić information content (AvgIpc) is 2.67. The predicted molar refractivity (Wildman–Crippen MR) is 97.6 cm³/mol. The Morgan fingerprint density at radius 3 is 2.56 bits per heavy atom. The molecule has 2 aliphatic heterocycles. The summed E-state index contributed by atoms with van der Waals surface area (Å²) in [4.78, 5) is 26.7. The highest BCUT2D eigenvalue weighted by atomic mass is 32.2. The molecule has 3 rings (SSSR count). The van der Waals surface area contributed by atoms with Gasteiger partial charge < -0.3 is 19.9 Å². The fourth-order valence-corrected chi connectivity index (χ4v) is 3.88. The number of benzene rings is 1. The second-order valence-corrected chi connectivity index (χ2v) is 8.57. The van der Waals surface area contributed by atoms with E-state index in [9.17, 15) is 23.3 Å². The van der Waals surface area contributed by atoms with Crippen molar-refractivity contribution in [1.29, 1.82) is 0 Å². The van der Waals surface area contributed by atoms with E-state index in [0.29, 0.717) is 45.0 Å². The Morgan fingerprint density at radius 2 is 2.00 bits per heavy atom. The van der Waals surface area contributed by atoms with Crippen molar-refractivity contribution in [2.75, 3.05) is 57.0 Å². The molecule has 1 aromatic rings. The highest BCUT2D eigenvalue weighted by Crippen LogP contribution is 2.31. The Balaban J connectivity index is 1.72. The molecule has 2 heterocycles. The molecule has 11 heteroatoms. The first-order valence-electron chi connectivity index (χ1n) is 8.62. The minimum absolute atomic E-state index is 0.0798. The van der Waals surface area contributed by atoms with Crippen molar-refractivity contribution in [3.63, 3.8) is 0 Å². The Labute approximate surface area is 157 Å². The van der Waals surface area contributed by atoms with Crippen LogP contribution in [0.25, 0.3) is 0 Å². The van der Waals surface area contributed by atoms with Crippen molar-refractivity contribution in [2.24, 2.45) is 0 Å². The highest BCUT2D eigenvalue weighted by molar-refractivity contribution is 7.90. The summed E-state index contributed by atoms with van der Waals surface area (Å²) in [5.41, 5.74) is 0.104. The second kappa shape index (κ2) is 7.79. The van der Waals surface area contributed by atoms with Crippen LogP contribution < -0.4 is 10.2 Å². The van der Waals surface area contributed by atoms with E-state index in [1.165, 1.54) is 12.1 Å². The van der Waals surface area contributed by atoms with E-state index in [1.54, 1.807) is 9.80 Å². The zero-order chi connectivity index (χ0) is 19.6. The summed E-state index contributed by atoms with van der Waals surface area (Å²) in [5, 5.41) is 14.5. The first kappa shape index (κ1) is 19.5. The van der Waals surface area contributed by atoms with Gasteiger partial charge in [0.1, 0.15) is 11.8 Å². The summed E-state index contributed by atoms with van der Waals surface area (Å²) < 4.78 is 28.8. The highest BCUT2D eigenvalue weighted by Gasteiger charge is 2.31. The molecule has 2 fully saturated rings. The van der Waals surface area contributed by atoms with E-state index in [-0.39, 0.29) is 16.5 Å². The van der Waals surface area contributed by atoms with Crippen molar-refractivity contribution in [2.45, 2.75) is 11.0 Å². The summed E-state index contributed by atoms with van der Waals surface area (Å²) in [7, 11) is -3.53. The third-order valence-corrected chi connectivity index (χ3v) is 5.82. The smallest absolute Gasteiger partial charge is 0.293 e. The molecule has 0 spiro atoms. The van der Waals surface area contributed by atoms with E-state index in [0.717, 1.165) is 18.9 Å². The lowest BCUT2D eigenvalue weighted by atomic mass is 10.2. The van der Waals surface area contributed by atoms with Crippen LogP contribution in [0.15, 0.2) is 23.1 Å². The van der Waals surface area contributed by atoms with Crippen LogP contribution in [0.3, 0.4) is 0 Å². The van der Waals surface area contributed by atoms with Gasteiger partial charge in [0.25, 0.3) is 11.6 Å². The zero-order valence-corrected chi connectivity index (χ0v) is 15.8. The van der Waals surface area contributed by atoms with Crippen LogP contribution in [0.4, 0.5) is 11.4 Å². The molecular weight excluding hydrogens is 376 g/mol. The number of nitro groups is 1.